The molecule has 0 aliphatic carbocycles. The standard InChI is InChI=1S/C23H22N4O2/c1-3-5-15-6-8-17(25-11-15)12-27(4-2)23(28)16-7-9-21-18(10-16)19-13-29-14-20(19)22(24)26-21/h6-11H,4,12-14H2,1-2H3,(H2,24,26). The molecule has 1 aliphatic heterocycles. The fourth-order valence-corrected chi connectivity index (χ4v) is 3.55. The number of benzene rings is 1. The molecule has 29 heavy (non-hydrogen) atoms. The fraction of sp³-hybridized carbons (Fsp3) is 0.261. The molecule has 146 valence electrons. The van der Waals surface area contributed by atoms with E-state index in [-0.39, 0.29) is 5.91 Å². The number of ether oxygens (including phenoxy) is 1. The molecule has 1 amide bonds. The Labute approximate surface area is 169 Å². The predicted octanol–water partition coefficient (Wildman–Crippen LogP) is 3.28. The summed E-state index contributed by atoms with van der Waals surface area (Å²) in [5.41, 5.74) is 11.1. The first-order chi connectivity index (χ1) is 14.1. The van der Waals surface area contributed by atoms with Gasteiger partial charge in [0, 0.05) is 34.8 Å². The number of nitrogens with two attached hydrogens (primary N) is 1. The van der Waals surface area contributed by atoms with E-state index >= 15 is 0 Å². The van der Waals surface area contributed by atoms with Gasteiger partial charge in [-0.05, 0) is 49.7 Å². The molecule has 0 radical (unpaired) electrons. The van der Waals surface area contributed by atoms with Gasteiger partial charge in [0.25, 0.3) is 5.91 Å². The fourth-order valence-electron chi connectivity index (χ4n) is 3.55. The number of fused-ring (bicyclic) bond motifs is 3. The van der Waals surface area contributed by atoms with Crippen LogP contribution in [0.3, 0.4) is 0 Å². The number of aromatic nitrogens is 2. The number of hydrogen-bond acceptors (Lipinski definition) is 5. The molecule has 6 heteroatoms. The number of amides is 1. The summed E-state index contributed by atoms with van der Waals surface area (Å²) >= 11 is 0. The Kier molecular flexibility index (Phi) is 5.15. The van der Waals surface area contributed by atoms with Crippen LogP contribution in [0.4, 0.5) is 5.82 Å². The quantitative estimate of drug-likeness (QED) is 0.696. The second kappa shape index (κ2) is 7.90. The highest BCUT2D eigenvalue weighted by molar-refractivity contribution is 5.99. The number of hydrogen-bond donors (Lipinski definition) is 1. The Morgan fingerprint density at radius 2 is 2.07 bits per heavy atom. The van der Waals surface area contributed by atoms with Crippen LogP contribution < -0.4 is 5.73 Å². The minimum atomic E-state index is -0.0434. The first-order valence-corrected chi connectivity index (χ1v) is 9.56. The van der Waals surface area contributed by atoms with Gasteiger partial charge in [-0.3, -0.25) is 9.78 Å². The van der Waals surface area contributed by atoms with E-state index < -0.39 is 0 Å². The van der Waals surface area contributed by atoms with E-state index in [1.54, 1.807) is 24.1 Å². The van der Waals surface area contributed by atoms with Gasteiger partial charge in [-0.15, -0.1) is 5.92 Å². The summed E-state index contributed by atoms with van der Waals surface area (Å²) in [4.78, 5) is 23.8. The molecule has 3 aromatic rings. The second-order valence-corrected chi connectivity index (χ2v) is 6.91. The van der Waals surface area contributed by atoms with E-state index in [2.05, 4.69) is 21.8 Å². The third-order valence-corrected chi connectivity index (χ3v) is 5.09. The number of carbonyl (C=O) groups excluding carboxylic acids is 1. The van der Waals surface area contributed by atoms with Crippen LogP contribution in [0.15, 0.2) is 36.5 Å². The molecule has 1 aliphatic rings. The van der Waals surface area contributed by atoms with Crippen LogP contribution in [0.1, 0.15) is 46.6 Å². The molecule has 6 nitrogen and oxygen atoms in total. The van der Waals surface area contributed by atoms with Crippen molar-refractivity contribution in [2.45, 2.75) is 33.6 Å². The Hall–Kier alpha value is -3.43. The van der Waals surface area contributed by atoms with E-state index in [0.29, 0.717) is 37.7 Å². The van der Waals surface area contributed by atoms with Crippen LogP contribution in [-0.4, -0.2) is 27.3 Å². The molecule has 0 bridgehead atoms. The molecule has 2 aromatic heterocycles. The van der Waals surface area contributed by atoms with Crippen LogP contribution in [0.5, 0.6) is 0 Å². The third kappa shape index (κ3) is 3.65. The summed E-state index contributed by atoms with van der Waals surface area (Å²) in [6.07, 6.45) is 1.74. The highest BCUT2D eigenvalue weighted by Crippen LogP contribution is 2.31. The van der Waals surface area contributed by atoms with Gasteiger partial charge in [0.1, 0.15) is 5.82 Å². The highest BCUT2D eigenvalue weighted by atomic mass is 16.5. The monoisotopic (exact) mass is 386 g/mol. The number of rotatable bonds is 4. The lowest BCUT2D eigenvalue weighted by Crippen LogP contribution is -2.30. The van der Waals surface area contributed by atoms with Crippen LogP contribution in [0.25, 0.3) is 10.9 Å². The van der Waals surface area contributed by atoms with Crippen LogP contribution in [0, 0.1) is 11.8 Å². The average molecular weight is 386 g/mol. The SMILES string of the molecule is CC#Cc1ccc(CN(CC)C(=O)c2ccc3nc(N)c4c(c3c2)COC4)nc1. The van der Waals surface area contributed by atoms with Gasteiger partial charge in [-0.1, -0.05) is 5.92 Å². The number of pyridine rings is 2. The molecule has 2 N–H and O–H groups in total. The van der Waals surface area contributed by atoms with E-state index in [0.717, 1.165) is 33.3 Å². The Bertz CT molecular complexity index is 1140. The van der Waals surface area contributed by atoms with Crippen LogP contribution >= 0.6 is 0 Å². The minimum Gasteiger partial charge on any atom is -0.383 e. The van der Waals surface area contributed by atoms with E-state index in [1.807, 2.05) is 31.2 Å². The zero-order valence-corrected chi connectivity index (χ0v) is 16.5. The summed E-state index contributed by atoms with van der Waals surface area (Å²) in [5, 5.41) is 0.925. The lowest BCUT2D eigenvalue weighted by Gasteiger charge is -2.21. The van der Waals surface area contributed by atoms with Gasteiger partial charge in [-0.2, -0.15) is 0 Å². The van der Waals surface area contributed by atoms with Gasteiger partial charge < -0.3 is 15.4 Å². The zero-order valence-electron chi connectivity index (χ0n) is 16.5. The molecule has 0 atom stereocenters. The molecule has 0 saturated heterocycles. The maximum Gasteiger partial charge on any atom is 0.254 e. The van der Waals surface area contributed by atoms with Crippen molar-refractivity contribution in [3.05, 3.63) is 64.5 Å². The van der Waals surface area contributed by atoms with Crippen molar-refractivity contribution in [3.63, 3.8) is 0 Å². The Morgan fingerprint density at radius 1 is 1.24 bits per heavy atom. The maximum atomic E-state index is 13.2. The first-order valence-electron chi connectivity index (χ1n) is 9.56. The molecule has 0 saturated carbocycles. The van der Waals surface area contributed by atoms with Crippen LogP contribution in [0.2, 0.25) is 0 Å². The van der Waals surface area contributed by atoms with Crippen molar-refractivity contribution in [3.8, 4) is 11.8 Å². The third-order valence-electron chi connectivity index (χ3n) is 5.09. The summed E-state index contributed by atoms with van der Waals surface area (Å²) in [7, 11) is 0. The lowest BCUT2D eigenvalue weighted by molar-refractivity contribution is 0.0750. The van der Waals surface area contributed by atoms with Gasteiger partial charge in [-0.25, -0.2) is 4.98 Å². The predicted molar refractivity (Wildman–Crippen MR) is 112 cm³/mol. The maximum absolute atomic E-state index is 13.2. The molecule has 0 fully saturated rings. The number of nitrogens with zero attached hydrogens (tertiary/aromatic N) is 3. The summed E-state index contributed by atoms with van der Waals surface area (Å²) in [5.74, 6) is 6.29. The second-order valence-electron chi connectivity index (χ2n) is 6.91. The first kappa shape index (κ1) is 18.9. The highest BCUT2D eigenvalue weighted by Gasteiger charge is 2.21. The molecular weight excluding hydrogens is 364 g/mol. The normalized spacial score (nSPS) is 12.3. The van der Waals surface area contributed by atoms with Crippen molar-refractivity contribution in [2.24, 2.45) is 0 Å². The minimum absolute atomic E-state index is 0.0434. The molecule has 1 aromatic carbocycles. The van der Waals surface area contributed by atoms with Crippen molar-refractivity contribution in [2.75, 3.05) is 12.3 Å². The number of nitrogen functional groups attached to an aromatic ring is 1. The number of carbonyl (C=O) groups is 1. The summed E-state index contributed by atoms with van der Waals surface area (Å²) < 4.78 is 5.55. The number of anilines is 1. The topological polar surface area (TPSA) is 81.3 Å². The van der Waals surface area contributed by atoms with Gasteiger partial charge in [0.05, 0.1) is 31.0 Å². The molecular formula is C23H22N4O2. The zero-order chi connectivity index (χ0) is 20.4. The van der Waals surface area contributed by atoms with Crippen molar-refractivity contribution >= 4 is 22.6 Å². The van der Waals surface area contributed by atoms with Crippen molar-refractivity contribution in [1.29, 1.82) is 0 Å². The Balaban J connectivity index is 1.62. The Morgan fingerprint density at radius 3 is 2.79 bits per heavy atom. The van der Waals surface area contributed by atoms with E-state index in [4.69, 9.17) is 10.5 Å². The molecule has 3 heterocycles. The van der Waals surface area contributed by atoms with E-state index in [9.17, 15) is 4.79 Å². The van der Waals surface area contributed by atoms with E-state index in [1.165, 1.54) is 0 Å². The van der Waals surface area contributed by atoms with Crippen LogP contribution in [-0.2, 0) is 24.5 Å². The molecule has 0 unspecified atom stereocenters. The summed E-state index contributed by atoms with van der Waals surface area (Å²) in [6.45, 7) is 5.73. The lowest BCUT2D eigenvalue weighted by atomic mass is 10.0. The van der Waals surface area contributed by atoms with Crippen molar-refractivity contribution < 1.29 is 9.53 Å². The van der Waals surface area contributed by atoms with Gasteiger partial charge in [0.15, 0.2) is 0 Å². The van der Waals surface area contributed by atoms with Gasteiger partial charge in [0.2, 0.25) is 0 Å². The summed E-state index contributed by atoms with van der Waals surface area (Å²) in [6, 6.07) is 9.38. The largest absolute Gasteiger partial charge is 0.383 e. The molecule has 0 spiro atoms. The van der Waals surface area contributed by atoms with Gasteiger partial charge >= 0.3 is 0 Å². The van der Waals surface area contributed by atoms with Crippen molar-refractivity contribution in [1.82, 2.24) is 14.9 Å². The average Bonchev–Trinajstić information content (AvgIpc) is 3.24. The molecule has 4 rings (SSSR count). The smallest absolute Gasteiger partial charge is 0.254 e.